The molecule has 0 fully saturated rings. The van der Waals surface area contributed by atoms with Crippen molar-refractivity contribution in [3.05, 3.63) is 54.0 Å². The zero-order valence-corrected chi connectivity index (χ0v) is 10.3. The Bertz CT molecular complexity index is 306. The molecule has 0 atom stereocenters. The van der Waals surface area contributed by atoms with Crippen LogP contribution in [0.4, 0.5) is 5.69 Å². The lowest BCUT2D eigenvalue weighted by Crippen LogP contribution is -2.17. The summed E-state index contributed by atoms with van der Waals surface area (Å²) in [4.78, 5) is 0. The van der Waals surface area contributed by atoms with Gasteiger partial charge in [-0.05, 0) is 37.1 Å². The molecule has 0 saturated heterocycles. The highest BCUT2D eigenvalue weighted by Crippen LogP contribution is 2.16. The Morgan fingerprint density at radius 2 is 1.67 bits per heavy atom. The van der Waals surface area contributed by atoms with E-state index in [4.69, 9.17) is 0 Å². The van der Waals surface area contributed by atoms with E-state index in [1.807, 2.05) is 24.3 Å². The predicted molar refractivity (Wildman–Crippen MR) is 71.2 cm³/mol. The summed E-state index contributed by atoms with van der Waals surface area (Å²) in [7, 11) is 0. The van der Waals surface area contributed by atoms with Crippen LogP contribution in [0.5, 0.6) is 0 Å². The molecule has 0 spiro atoms. The van der Waals surface area contributed by atoms with Crippen LogP contribution in [-0.2, 0) is 0 Å². The van der Waals surface area contributed by atoms with Gasteiger partial charge in [0.05, 0.1) is 0 Å². The second-order valence-corrected chi connectivity index (χ2v) is 4.31. The van der Waals surface area contributed by atoms with E-state index in [0.717, 1.165) is 23.0 Å². The molecule has 80 valence electrons. The Morgan fingerprint density at radius 3 is 2.13 bits per heavy atom. The van der Waals surface area contributed by atoms with Gasteiger partial charge in [0.15, 0.2) is 0 Å². The maximum absolute atomic E-state index is 3.76. The number of hydrogen-bond donors (Lipinski definition) is 1. The van der Waals surface area contributed by atoms with E-state index >= 15 is 0 Å². The molecule has 0 aliphatic heterocycles. The van der Waals surface area contributed by atoms with E-state index < -0.39 is 0 Å². The molecule has 0 aliphatic carbocycles. The van der Waals surface area contributed by atoms with Crippen LogP contribution in [0, 0.1) is 0 Å². The van der Waals surface area contributed by atoms with Crippen LogP contribution in [-0.4, -0.2) is 6.04 Å². The summed E-state index contributed by atoms with van der Waals surface area (Å²) in [5.74, 6) is 0. The van der Waals surface area contributed by atoms with Crippen molar-refractivity contribution in [1.29, 1.82) is 0 Å². The first kappa shape index (κ1) is 12.1. The monoisotopic (exact) mass is 265 g/mol. The van der Waals surface area contributed by atoms with Crippen molar-refractivity contribution in [3.63, 3.8) is 0 Å². The van der Waals surface area contributed by atoms with Gasteiger partial charge in [-0.3, -0.25) is 0 Å². The Kier molecular flexibility index (Phi) is 5.19. The third-order valence-electron chi connectivity index (χ3n) is 2.12. The molecule has 1 rings (SSSR count). The van der Waals surface area contributed by atoms with Crippen molar-refractivity contribution in [2.45, 2.75) is 18.9 Å². The summed E-state index contributed by atoms with van der Waals surface area (Å²) in [6, 6.07) is 8.57. The van der Waals surface area contributed by atoms with E-state index in [1.54, 1.807) is 0 Å². The zero-order valence-electron chi connectivity index (χ0n) is 8.75. The molecule has 0 unspecified atom stereocenters. The van der Waals surface area contributed by atoms with Crippen molar-refractivity contribution >= 4 is 21.6 Å². The summed E-state index contributed by atoms with van der Waals surface area (Å²) in [6.07, 6.45) is 5.75. The molecule has 1 aromatic rings. The van der Waals surface area contributed by atoms with Crippen molar-refractivity contribution in [2.75, 3.05) is 5.32 Å². The average Bonchev–Trinajstić information content (AvgIpc) is 2.22. The third-order valence-corrected chi connectivity index (χ3v) is 2.65. The molecule has 2 heteroatoms. The van der Waals surface area contributed by atoms with Crippen molar-refractivity contribution in [2.24, 2.45) is 0 Å². The predicted octanol–water partition coefficient (Wildman–Crippen LogP) is 4.38. The number of halogens is 1. The van der Waals surface area contributed by atoms with Crippen LogP contribution >= 0.6 is 15.9 Å². The highest BCUT2D eigenvalue weighted by molar-refractivity contribution is 9.10. The standard InChI is InChI=1S/C13H16BrN/c1-3-5-12(6-4-2)15-13-9-7-11(14)8-10-13/h3-4,7-10,12,15H,1-2,5-6H2. The van der Waals surface area contributed by atoms with E-state index in [1.165, 1.54) is 0 Å². The van der Waals surface area contributed by atoms with Gasteiger partial charge in [0, 0.05) is 16.2 Å². The smallest absolute Gasteiger partial charge is 0.0343 e. The van der Waals surface area contributed by atoms with Crippen LogP contribution < -0.4 is 5.32 Å². The summed E-state index contributed by atoms with van der Waals surface area (Å²) >= 11 is 3.41. The highest BCUT2D eigenvalue weighted by Gasteiger charge is 2.03. The van der Waals surface area contributed by atoms with Gasteiger partial charge < -0.3 is 5.32 Å². The number of anilines is 1. The summed E-state index contributed by atoms with van der Waals surface area (Å²) in [5.41, 5.74) is 1.13. The molecule has 0 saturated carbocycles. The third kappa shape index (κ3) is 4.34. The minimum atomic E-state index is 0.390. The Morgan fingerprint density at radius 1 is 1.13 bits per heavy atom. The average molecular weight is 266 g/mol. The van der Waals surface area contributed by atoms with Gasteiger partial charge >= 0.3 is 0 Å². The van der Waals surface area contributed by atoms with E-state index in [-0.39, 0.29) is 0 Å². The lowest BCUT2D eigenvalue weighted by molar-refractivity contribution is 0.746. The number of rotatable bonds is 6. The molecule has 0 heterocycles. The molecule has 1 N–H and O–H groups in total. The molecule has 0 radical (unpaired) electrons. The van der Waals surface area contributed by atoms with Gasteiger partial charge in [-0.1, -0.05) is 28.1 Å². The van der Waals surface area contributed by atoms with Gasteiger partial charge in [0.2, 0.25) is 0 Å². The summed E-state index contributed by atoms with van der Waals surface area (Å²) in [6.45, 7) is 7.51. The van der Waals surface area contributed by atoms with E-state index in [0.29, 0.717) is 6.04 Å². The van der Waals surface area contributed by atoms with Gasteiger partial charge in [-0.2, -0.15) is 0 Å². The van der Waals surface area contributed by atoms with Gasteiger partial charge in [-0.15, -0.1) is 13.2 Å². The Balaban J connectivity index is 2.60. The van der Waals surface area contributed by atoms with Crippen LogP contribution in [0.2, 0.25) is 0 Å². The van der Waals surface area contributed by atoms with E-state index in [9.17, 15) is 0 Å². The maximum Gasteiger partial charge on any atom is 0.0343 e. The number of nitrogens with one attached hydrogen (secondary N) is 1. The quantitative estimate of drug-likeness (QED) is 0.753. The second-order valence-electron chi connectivity index (χ2n) is 3.40. The molecule has 15 heavy (non-hydrogen) atoms. The lowest BCUT2D eigenvalue weighted by atomic mass is 10.1. The summed E-state index contributed by atoms with van der Waals surface area (Å²) < 4.78 is 1.09. The molecule has 0 aromatic heterocycles. The fourth-order valence-corrected chi connectivity index (χ4v) is 1.66. The van der Waals surface area contributed by atoms with Crippen LogP contribution in [0.3, 0.4) is 0 Å². The lowest BCUT2D eigenvalue weighted by Gasteiger charge is -2.16. The first-order chi connectivity index (χ1) is 7.26. The van der Waals surface area contributed by atoms with Crippen LogP contribution in [0.1, 0.15) is 12.8 Å². The van der Waals surface area contributed by atoms with Crippen molar-refractivity contribution in [1.82, 2.24) is 0 Å². The second kappa shape index (κ2) is 6.46. The minimum Gasteiger partial charge on any atom is -0.382 e. The van der Waals surface area contributed by atoms with Crippen LogP contribution in [0.25, 0.3) is 0 Å². The molecular weight excluding hydrogens is 250 g/mol. The molecule has 0 amide bonds. The number of benzene rings is 1. The maximum atomic E-state index is 3.76. The number of hydrogen-bond acceptors (Lipinski definition) is 1. The largest absolute Gasteiger partial charge is 0.382 e. The fraction of sp³-hybridized carbons (Fsp3) is 0.231. The Labute approximate surface area is 100 Å². The first-order valence-electron chi connectivity index (χ1n) is 5.00. The Hall–Kier alpha value is -1.02. The summed E-state index contributed by atoms with van der Waals surface area (Å²) in [5, 5.41) is 3.44. The zero-order chi connectivity index (χ0) is 11.1. The molecular formula is C13H16BrN. The normalized spacial score (nSPS) is 10.0. The highest BCUT2D eigenvalue weighted by atomic mass is 79.9. The topological polar surface area (TPSA) is 12.0 Å². The molecule has 0 aliphatic rings. The van der Waals surface area contributed by atoms with Gasteiger partial charge in [0.25, 0.3) is 0 Å². The van der Waals surface area contributed by atoms with E-state index in [2.05, 4.69) is 46.5 Å². The minimum absolute atomic E-state index is 0.390. The SMILES string of the molecule is C=CCC(CC=C)Nc1ccc(Br)cc1. The van der Waals surface area contributed by atoms with Crippen molar-refractivity contribution in [3.8, 4) is 0 Å². The van der Waals surface area contributed by atoms with Gasteiger partial charge in [0.1, 0.15) is 0 Å². The fourth-order valence-electron chi connectivity index (χ4n) is 1.40. The molecule has 0 bridgehead atoms. The first-order valence-corrected chi connectivity index (χ1v) is 5.79. The van der Waals surface area contributed by atoms with Crippen LogP contribution in [0.15, 0.2) is 54.0 Å². The van der Waals surface area contributed by atoms with Gasteiger partial charge in [-0.25, -0.2) is 0 Å². The van der Waals surface area contributed by atoms with Crippen molar-refractivity contribution < 1.29 is 0 Å². The molecule has 1 nitrogen and oxygen atoms in total. The molecule has 1 aromatic carbocycles.